The number of rotatable bonds is 3. The minimum Gasteiger partial charge on any atom is -0.299 e. The zero-order valence-corrected chi connectivity index (χ0v) is 13.8. The molecule has 0 aromatic heterocycles. The van der Waals surface area contributed by atoms with Crippen molar-refractivity contribution in [1.82, 2.24) is 4.31 Å². The van der Waals surface area contributed by atoms with E-state index in [0.29, 0.717) is 37.8 Å². The number of sulfonamides is 1. The molecule has 0 N–H and O–H groups in total. The Labute approximate surface area is 138 Å². The van der Waals surface area contributed by atoms with Crippen molar-refractivity contribution >= 4 is 15.8 Å². The summed E-state index contributed by atoms with van der Waals surface area (Å²) in [5.74, 6) is -5.11. The van der Waals surface area contributed by atoms with Gasteiger partial charge in [0.2, 0.25) is 10.0 Å². The third-order valence-electron chi connectivity index (χ3n) is 4.88. The van der Waals surface area contributed by atoms with Gasteiger partial charge in [-0.05, 0) is 37.8 Å². The summed E-state index contributed by atoms with van der Waals surface area (Å²) < 4.78 is 66.6. The lowest BCUT2D eigenvalue weighted by Gasteiger charge is -2.32. The van der Waals surface area contributed by atoms with Crippen LogP contribution in [0.2, 0.25) is 0 Å². The second kappa shape index (κ2) is 6.48. The van der Waals surface area contributed by atoms with Crippen molar-refractivity contribution in [3.8, 4) is 0 Å². The van der Waals surface area contributed by atoms with Gasteiger partial charge in [0.15, 0.2) is 17.5 Å². The Morgan fingerprint density at radius 3 is 2.29 bits per heavy atom. The quantitative estimate of drug-likeness (QED) is 0.778. The Kier molecular flexibility index (Phi) is 4.70. The maximum Gasteiger partial charge on any atom is 0.243 e. The van der Waals surface area contributed by atoms with E-state index in [9.17, 15) is 26.4 Å². The molecule has 4 nitrogen and oxygen atoms in total. The smallest absolute Gasteiger partial charge is 0.243 e. The summed E-state index contributed by atoms with van der Waals surface area (Å²) in [5, 5.41) is 0. The topological polar surface area (TPSA) is 54.5 Å². The number of carbonyl (C=O) groups excluding carboxylic acids is 1. The van der Waals surface area contributed by atoms with E-state index in [1.165, 1.54) is 0 Å². The molecule has 3 rings (SSSR count). The zero-order chi connectivity index (χ0) is 17.5. The first-order valence-corrected chi connectivity index (χ1v) is 9.45. The Balaban J connectivity index is 1.95. The minimum atomic E-state index is -4.19. The zero-order valence-electron chi connectivity index (χ0n) is 13.0. The van der Waals surface area contributed by atoms with Gasteiger partial charge in [0.25, 0.3) is 0 Å². The van der Waals surface area contributed by atoms with Gasteiger partial charge in [-0.1, -0.05) is 6.42 Å². The number of hydrogen-bond donors (Lipinski definition) is 0. The van der Waals surface area contributed by atoms with E-state index in [0.717, 1.165) is 17.1 Å². The third kappa shape index (κ3) is 2.97. The standard InChI is InChI=1S/C16H18F3NO3S/c17-12-8-10(9-13(18)16(12)19)24(22,23)20-7-3-5-14(20)11-4-1-2-6-15(11)21/h8-9,11,14H,1-7H2. The van der Waals surface area contributed by atoms with E-state index < -0.39 is 38.4 Å². The van der Waals surface area contributed by atoms with Gasteiger partial charge in [0, 0.05) is 24.9 Å². The van der Waals surface area contributed by atoms with Gasteiger partial charge >= 0.3 is 0 Å². The molecular weight excluding hydrogens is 343 g/mol. The largest absolute Gasteiger partial charge is 0.299 e. The molecule has 2 aliphatic rings. The highest BCUT2D eigenvalue weighted by Crippen LogP contribution is 2.36. The number of Topliss-reactive ketones (excluding diaryl/α,β-unsaturated/α-hetero) is 1. The Hall–Kier alpha value is -1.41. The summed E-state index contributed by atoms with van der Waals surface area (Å²) in [6.07, 6.45) is 3.86. The van der Waals surface area contributed by atoms with Gasteiger partial charge in [-0.2, -0.15) is 4.31 Å². The number of carbonyl (C=O) groups is 1. The van der Waals surface area contributed by atoms with Crippen LogP contribution in [0.4, 0.5) is 13.2 Å². The van der Waals surface area contributed by atoms with Crippen molar-refractivity contribution < 1.29 is 26.4 Å². The van der Waals surface area contributed by atoms with Crippen LogP contribution >= 0.6 is 0 Å². The van der Waals surface area contributed by atoms with E-state index in [2.05, 4.69) is 0 Å². The van der Waals surface area contributed by atoms with Gasteiger partial charge in [-0.3, -0.25) is 4.79 Å². The summed E-state index contributed by atoms with van der Waals surface area (Å²) in [4.78, 5) is 11.5. The van der Waals surface area contributed by atoms with Crippen molar-refractivity contribution in [2.45, 2.75) is 49.5 Å². The molecule has 1 aliphatic carbocycles. The van der Waals surface area contributed by atoms with Crippen LogP contribution in [0.25, 0.3) is 0 Å². The van der Waals surface area contributed by atoms with Crippen LogP contribution in [-0.2, 0) is 14.8 Å². The van der Waals surface area contributed by atoms with Gasteiger partial charge in [-0.25, -0.2) is 21.6 Å². The van der Waals surface area contributed by atoms with Gasteiger partial charge in [-0.15, -0.1) is 0 Å². The molecule has 1 aliphatic heterocycles. The first kappa shape index (κ1) is 17.4. The van der Waals surface area contributed by atoms with Crippen molar-refractivity contribution in [3.63, 3.8) is 0 Å². The monoisotopic (exact) mass is 361 g/mol. The van der Waals surface area contributed by atoms with Gasteiger partial charge < -0.3 is 0 Å². The molecule has 0 radical (unpaired) electrons. The first-order valence-electron chi connectivity index (χ1n) is 8.01. The van der Waals surface area contributed by atoms with Crippen LogP contribution in [0, 0.1) is 23.4 Å². The second-order valence-electron chi connectivity index (χ2n) is 6.34. The lowest BCUT2D eigenvalue weighted by atomic mass is 9.82. The molecule has 2 fully saturated rings. The Morgan fingerprint density at radius 1 is 1.00 bits per heavy atom. The van der Waals surface area contributed by atoms with Crippen LogP contribution in [-0.4, -0.2) is 31.1 Å². The van der Waals surface area contributed by atoms with Crippen molar-refractivity contribution in [2.75, 3.05) is 6.54 Å². The minimum absolute atomic E-state index is 0.0461. The molecule has 0 bridgehead atoms. The molecule has 1 aromatic rings. The molecule has 1 aromatic carbocycles. The molecule has 8 heteroatoms. The molecular formula is C16H18F3NO3S. The number of halogens is 3. The normalized spacial score (nSPS) is 26.0. The summed E-state index contributed by atoms with van der Waals surface area (Å²) in [6, 6.07) is 0.497. The number of ketones is 1. The molecule has 1 heterocycles. The summed E-state index contributed by atoms with van der Waals surface area (Å²) in [5.41, 5.74) is 0. The molecule has 0 amide bonds. The fraction of sp³-hybridized carbons (Fsp3) is 0.562. The van der Waals surface area contributed by atoms with E-state index in [4.69, 9.17) is 0 Å². The number of nitrogens with zero attached hydrogens (tertiary/aromatic N) is 1. The van der Waals surface area contributed by atoms with E-state index >= 15 is 0 Å². The highest BCUT2D eigenvalue weighted by molar-refractivity contribution is 7.89. The Bertz CT molecular complexity index is 743. The molecule has 2 unspecified atom stereocenters. The van der Waals surface area contributed by atoms with E-state index in [1.807, 2.05) is 0 Å². The average molecular weight is 361 g/mol. The van der Waals surface area contributed by atoms with Crippen molar-refractivity contribution in [2.24, 2.45) is 5.92 Å². The maximum absolute atomic E-state index is 13.4. The first-order chi connectivity index (χ1) is 11.3. The maximum atomic E-state index is 13.4. The SMILES string of the molecule is O=C1CCCCC1C1CCCN1S(=O)(=O)c1cc(F)c(F)c(F)c1. The molecule has 1 saturated carbocycles. The lowest BCUT2D eigenvalue weighted by Crippen LogP contribution is -2.43. The molecule has 132 valence electrons. The molecule has 2 atom stereocenters. The van der Waals surface area contributed by atoms with Crippen LogP contribution in [0.3, 0.4) is 0 Å². The highest BCUT2D eigenvalue weighted by Gasteiger charge is 2.42. The third-order valence-corrected chi connectivity index (χ3v) is 6.78. The fourth-order valence-electron chi connectivity index (χ4n) is 3.70. The van der Waals surface area contributed by atoms with Crippen LogP contribution in [0.15, 0.2) is 17.0 Å². The van der Waals surface area contributed by atoms with Crippen molar-refractivity contribution in [1.29, 1.82) is 0 Å². The van der Waals surface area contributed by atoms with Gasteiger partial charge in [0.1, 0.15) is 5.78 Å². The predicted octanol–water partition coefficient (Wildman–Crippen LogP) is 3.02. The lowest BCUT2D eigenvalue weighted by molar-refractivity contribution is -0.126. The van der Waals surface area contributed by atoms with E-state index in [-0.39, 0.29) is 18.2 Å². The molecule has 24 heavy (non-hydrogen) atoms. The van der Waals surface area contributed by atoms with Crippen molar-refractivity contribution in [3.05, 3.63) is 29.6 Å². The summed E-state index contributed by atoms with van der Waals surface area (Å²) in [6.45, 7) is 0.192. The number of hydrogen-bond acceptors (Lipinski definition) is 3. The molecule has 1 saturated heterocycles. The highest BCUT2D eigenvalue weighted by atomic mass is 32.2. The van der Waals surface area contributed by atoms with Crippen LogP contribution in [0.5, 0.6) is 0 Å². The molecule has 0 spiro atoms. The average Bonchev–Trinajstić information content (AvgIpc) is 3.02. The Morgan fingerprint density at radius 2 is 1.67 bits per heavy atom. The summed E-state index contributed by atoms with van der Waals surface area (Å²) in [7, 11) is -4.19. The number of benzene rings is 1. The van der Waals surface area contributed by atoms with Crippen LogP contribution in [0.1, 0.15) is 38.5 Å². The van der Waals surface area contributed by atoms with Gasteiger partial charge in [0.05, 0.1) is 4.90 Å². The fourth-order valence-corrected chi connectivity index (χ4v) is 5.45. The second-order valence-corrected chi connectivity index (χ2v) is 8.24. The summed E-state index contributed by atoms with van der Waals surface area (Å²) >= 11 is 0. The predicted molar refractivity (Wildman–Crippen MR) is 80.2 cm³/mol. The van der Waals surface area contributed by atoms with E-state index in [1.54, 1.807) is 0 Å². The van der Waals surface area contributed by atoms with Crippen LogP contribution < -0.4 is 0 Å².